The third kappa shape index (κ3) is 5.68. The summed E-state index contributed by atoms with van der Waals surface area (Å²) in [6.07, 6.45) is 5.18. The van der Waals surface area contributed by atoms with Gasteiger partial charge in [-0.3, -0.25) is 14.5 Å². The quantitative estimate of drug-likeness (QED) is 0.301. The number of fused-ring (bicyclic) bond motifs is 1. The molecule has 1 saturated carbocycles. The van der Waals surface area contributed by atoms with Crippen molar-refractivity contribution in [1.82, 2.24) is 34.7 Å². The van der Waals surface area contributed by atoms with Crippen molar-refractivity contribution in [3.05, 3.63) is 58.6 Å². The maximum absolute atomic E-state index is 6.87. The largest absolute Gasteiger partial charge is 0.492 e. The van der Waals surface area contributed by atoms with E-state index in [2.05, 4.69) is 32.1 Å². The molecule has 2 aliphatic rings. The molecule has 3 aromatic heterocycles. The van der Waals surface area contributed by atoms with Gasteiger partial charge in [-0.05, 0) is 57.0 Å². The van der Waals surface area contributed by atoms with E-state index in [9.17, 15) is 0 Å². The molecule has 1 unspecified atom stereocenters. The third-order valence-corrected chi connectivity index (χ3v) is 7.91. The molecule has 9 nitrogen and oxygen atoms in total. The van der Waals surface area contributed by atoms with E-state index in [4.69, 9.17) is 37.7 Å². The van der Waals surface area contributed by atoms with E-state index in [1.54, 1.807) is 12.3 Å². The maximum Gasteiger partial charge on any atom is 0.246 e. The first-order valence-electron chi connectivity index (χ1n) is 13.3. The van der Waals surface area contributed by atoms with E-state index in [0.717, 1.165) is 62.6 Å². The van der Waals surface area contributed by atoms with Crippen molar-refractivity contribution < 1.29 is 9.47 Å². The highest BCUT2D eigenvalue weighted by Gasteiger charge is 2.41. The Balaban J connectivity index is 1.35. The topological polar surface area (TPSA) is 90.2 Å². The SMILES string of the molecule is CC(c1cc(Cl)ccn1)n1c(-c2ccc(OCCN3CCNCC3)cc2Cl)nc2c(OC3(C)CC3)ncnc21. The first-order valence-corrected chi connectivity index (χ1v) is 14.0. The lowest BCUT2D eigenvalue weighted by Crippen LogP contribution is -2.44. The highest BCUT2D eigenvalue weighted by atomic mass is 35.5. The molecule has 0 radical (unpaired) electrons. The van der Waals surface area contributed by atoms with Crippen molar-refractivity contribution >= 4 is 34.4 Å². The summed E-state index contributed by atoms with van der Waals surface area (Å²) in [5, 5.41) is 4.51. The van der Waals surface area contributed by atoms with Crippen LogP contribution in [0.1, 0.15) is 38.4 Å². The number of hydrogen-bond acceptors (Lipinski definition) is 8. The number of nitrogens with zero attached hydrogens (tertiary/aromatic N) is 6. The minimum Gasteiger partial charge on any atom is -0.492 e. The van der Waals surface area contributed by atoms with Gasteiger partial charge in [0, 0.05) is 49.5 Å². The monoisotopic (exact) mass is 567 g/mol. The second-order valence-corrected chi connectivity index (χ2v) is 11.2. The number of pyridine rings is 1. The Labute approximate surface area is 237 Å². The van der Waals surface area contributed by atoms with E-state index in [1.165, 1.54) is 6.33 Å². The Morgan fingerprint density at radius 3 is 2.64 bits per heavy atom. The minimum absolute atomic E-state index is 0.216. The fourth-order valence-corrected chi connectivity index (χ4v) is 5.23. The van der Waals surface area contributed by atoms with Crippen LogP contribution in [0, 0.1) is 0 Å². The van der Waals surface area contributed by atoms with Crippen molar-refractivity contribution in [2.75, 3.05) is 39.3 Å². The number of aromatic nitrogens is 5. The number of nitrogens with one attached hydrogen (secondary N) is 1. The summed E-state index contributed by atoms with van der Waals surface area (Å²) >= 11 is 13.2. The van der Waals surface area contributed by atoms with Gasteiger partial charge in [-0.25, -0.2) is 9.97 Å². The first-order chi connectivity index (χ1) is 18.9. The summed E-state index contributed by atoms with van der Waals surface area (Å²) in [5.41, 5.74) is 2.54. The molecule has 0 spiro atoms. The predicted molar refractivity (Wildman–Crippen MR) is 152 cm³/mol. The molecule has 1 atom stereocenters. The van der Waals surface area contributed by atoms with Crippen LogP contribution in [-0.4, -0.2) is 74.3 Å². The minimum atomic E-state index is -0.242. The molecule has 1 aliphatic carbocycles. The molecule has 0 bridgehead atoms. The van der Waals surface area contributed by atoms with E-state index < -0.39 is 0 Å². The fraction of sp³-hybridized carbons (Fsp3) is 0.429. The van der Waals surface area contributed by atoms with Crippen LogP contribution < -0.4 is 14.8 Å². The number of imidazole rings is 1. The zero-order valence-corrected chi connectivity index (χ0v) is 23.5. The van der Waals surface area contributed by atoms with Gasteiger partial charge >= 0.3 is 0 Å². The normalized spacial score (nSPS) is 17.7. The summed E-state index contributed by atoms with van der Waals surface area (Å²) < 4.78 is 14.3. The molecule has 11 heteroatoms. The van der Waals surface area contributed by atoms with Gasteiger partial charge in [0.15, 0.2) is 11.2 Å². The highest BCUT2D eigenvalue weighted by molar-refractivity contribution is 6.33. The smallest absolute Gasteiger partial charge is 0.246 e. The van der Waals surface area contributed by atoms with Gasteiger partial charge in [-0.15, -0.1) is 0 Å². The first kappa shape index (κ1) is 26.3. The second-order valence-electron chi connectivity index (χ2n) is 10.4. The van der Waals surface area contributed by atoms with Crippen molar-refractivity contribution in [2.45, 2.75) is 38.3 Å². The fourth-order valence-electron chi connectivity index (χ4n) is 4.81. The van der Waals surface area contributed by atoms with Crippen LogP contribution >= 0.6 is 23.2 Å². The number of hydrogen-bond donors (Lipinski definition) is 1. The summed E-state index contributed by atoms with van der Waals surface area (Å²) in [5.74, 6) is 1.83. The van der Waals surface area contributed by atoms with Gasteiger partial charge in [0.25, 0.3) is 0 Å². The maximum atomic E-state index is 6.87. The van der Waals surface area contributed by atoms with Crippen molar-refractivity contribution in [3.8, 4) is 23.0 Å². The molecule has 1 N–H and O–H groups in total. The van der Waals surface area contributed by atoms with Crippen LogP contribution in [0.4, 0.5) is 0 Å². The average Bonchev–Trinajstić information content (AvgIpc) is 3.53. The van der Waals surface area contributed by atoms with Gasteiger partial charge < -0.3 is 14.8 Å². The molecule has 1 saturated heterocycles. The van der Waals surface area contributed by atoms with Crippen LogP contribution in [-0.2, 0) is 0 Å². The van der Waals surface area contributed by atoms with Gasteiger partial charge in [-0.2, -0.15) is 4.98 Å². The summed E-state index contributed by atoms with van der Waals surface area (Å²) in [4.78, 5) is 21.0. The van der Waals surface area contributed by atoms with Crippen molar-refractivity contribution in [1.29, 1.82) is 0 Å². The lowest BCUT2D eigenvalue weighted by atomic mass is 10.1. The van der Waals surface area contributed by atoms with E-state index in [-0.39, 0.29) is 11.6 Å². The molecule has 4 heterocycles. The van der Waals surface area contributed by atoms with Gasteiger partial charge in [0.05, 0.1) is 16.8 Å². The summed E-state index contributed by atoms with van der Waals surface area (Å²) in [7, 11) is 0. The van der Waals surface area contributed by atoms with Crippen molar-refractivity contribution in [2.24, 2.45) is 0 Å². The Hall–Kier alpha value is -2.98. The molecular formula is C28H31Cl2N7O2. The molecule has 4 aromatic rings. The number of ether oxygens (including phenoxy) is 2. The number of benzene rings is 1. The van der Waals surface area contributed by atoms with E-state index in [1.807, 2.05) is 35.8 Å². The predicted octanol–water partition coefficient (Wildman–Crippen LogP) is 5.02. The van der Waals surface area contributed by atoms with Crippen LogP contribution in [0.15, 0.2) is 42.9 Å². The van der Waals surface area contributed by atoms with E-state index >= 15 is 0 Å². The summed E-state index contributed by atoms with van der Waals surface area (Å²) in [6.45, 7) is 9.69. The molecule has 1 aromatic carbocycles. The van der Waals surface area contributed by atoms with Crippen LogP contribution in [0.5, 0.6) is 11.6 Å². The van der Waals surface area contributed by atoms with Crippen LogP contribution in [0.3, 0.4) is 0 Å². The molecule has 2 fully saturated rings. The molecule has 6 rings (SSSR count). The second kappa shape index (κ2) is 10.9. The van der Waals surface area contributed by atoms with E-state index in [0.29, 0.717) is 39.5 Å². The number of piperazine rings is 1. The Morgan fingerprint density at radius 1 is 1.08 bits per heavy atom. The standard InChI is InChI=1S/C28H31Cl2N7O2/c1-18(23-15-19(29)5-8-32-23)37-25(35-24-26(37)33-17-34-27(24)39-28(2)6-7-28)21-4-3-20(16-22(21)30)38-14-13-36-11-9-31-10-12-36/h3-5,8,15-18,31H,6-7,9-14H2,1-2H3. The summed E-state index contributed by atoms with van der Waals surface area (Å²) in [6, 6.07) is 9.08. The Bertz CT molecular complexity index is 1480. The molecule has 204 valence electrons. The van der Waals surface area contributed by atoms with Crippen molar-refractivity contribution in [3.63, 3.8) is 0 Å². The number of rotatable bonds is 9. The molecule has 1 aliphatic heterocycles. The Kier molecular flexibility index (Phi) is 7.33. The Morgan fingerprint density at radius 2 is 1.90 bits per heavy atom. The highest BCUT2D eigenvalue weighted by Crippen LogP contribution is 2.42. The van der Waals surface area contributed by atoms with Gasteiger partial charge in [-0.1, -0.05) is 23.2 Å². The van der Waals surface area contributed by atoms with Gasteiger partial charge in [0.1, 0.15) is 30.1 Å². The lowest BCUT2D eigenvalue weighted by Gasteiger charge is -2.26. The average molecular weight is 569 g/mol. The lowest BCUT2D eigenvalue weighted by molar-refractivity contribution is 0.191. The molecular weight excluding hydrogens is 537 g/mol. The molecule has 39 heavy (non-hydrogen) atoms. The zero-order chi connectivity index (χ0) is 27.0. The van der Waals surface area contributed by atoms with Gasteiger partial charge in [0.2, 0.25) is 5.88 Å². The number of halogens is 2. The molecule has 0 amide bonds. The zero-order valence-electron chi connectivity index (χ0n) is 22.0. The third-order valence-electron chi connectivity index (χ3n) is 7.37. The van der Waals surface area contributed by atoms with Crippen LogP contribution in [0.25, 0.3) is 22.6 Å². The van der Waals surface area contributed by atoms with Crippen LogP contribution in [0.2, 0.25) is 10.0 Å².